The zero-order valence-electron chi connectivity index (χ0n) is 11.2. The molecule has 0 saturated heterocycles. The summed E-state index contributed by atoms with van der Waals surface area (Å²) in [5.74, 6) is 0.577. The molecule has 8 heteroatoms. The lowest BCUT2D eigenvalue weighted by atomic mass is 10.3. The van der Waals surface area contributed by atoms with Gasteiger partial charge in [0.2, 0.25) is 10.0 Å². The fraction of sp³-hybridized carbons (Fsp3) is 0.455. The summed E-state index contributed by atoms with van der Waals surface area (Å²) in [4.78, 5) is 6.15. The van der Waals surface area contributed by atoms with Crippen LogP contribution in [0.4, 0.5) is 0 Å². The van der Waals surface area contributed by atoms with Gasteiger partial charge in [-0.15, -0.1) is 11.3 Å². The summed E-state index contributed by atoms with van der Waals surface area (Å²) < 4.78 is 28.8. The lowest BCUT2D eigenvalue weighted by Crippen LogP contribution is -2.28. The van der Waals surface area contributed by atoms with E-state index in [1.165, 1.54) is 17.7 Å². The van der Waals surface area contributed by atoms with Crippen molar-refractivity contribution in [2.24, 2.45) is 7.05 Å². The van der Waals surface area contributed by atoms with Crippen LogP contribution in [-0.2, 0) is 17.1 Å². The number of thiophene rings is 1. The first kappa shape index (κ1) is 14.2. The van der Waals surface area contributed by atoms with Crippen LogP contribution >= 0.6 is 11.3 Å². The Labute approximate surface area is 116 Å². The second-order valence-corrected chi connectivity index (χ2v) is 7.51. The monoisotopic (exact) mass is 300 g/mol. The third-order valence-corrected chi connectivity index (χ3v) is 5.51. The number of aromatic nitrogens is 3. The molecule has 0 aliphatic heterocycles. The van der Waals surface area contributed by atoms with Gasteiger partial charge < -0.3 is 0 Å². The van der Waals surface area contributed by atoms with E-state index in [1.54, 1.807) is 31.6 Å². The largest absolute Gasteiger partial charge is 0.252 e. The normalized spacial score (nSPS) is 13.7. The Balaban J connectivity index is 2.28. The number of hydrogen-bond donors (Lipinski definition) is 1. The van der Waals surface area contributed by atoms with E-state index in [-0.39, 0.29) is 0 Å². The number of rotatable bonds is 4. The highest BCUT2D eigenvalue weighted by Gasteiger charge is 2.23. The molecule has 0 saturated carbocycles. The van der Waals surface area contributed by atoms with Crippen LogP contribution in [0.25, 0.3) is 0 Å². The van der Waals surface area contributed by atoms with E-state index < -0.39 is 16.1 Å². The Morgan fingerprint density at radius 2 is 2.11 bits per heavy atom. The van der Waals surface area contributed by atoms with Crippen LogP contribution in [0, 0.1) is 13.8 Å². The summed E-state index contributed by atoms with van der Waals surface area (Å²) in [6.45, 7) is 5.44. The molecular weight excluding hydrogens is 284 g/mol. The van der Waals surface area contributed by atoms with Crippen LogP contribution in [0.3, 0.4) is 0 Å². The SMILES string of the molecule is Cc1cc(S(=O)(=O)NC(C)c2ncnn2C)c(C)s1. The van der Waals surface area contributed by atoms with Gasteiger partial charge in [0.1, 0.15) is 12.2 Å². The number of hydrogen-bond acceptors (Lipinski definition) is 5. The van der Waals surface area contributed by atoms with Crippen LogP contribution in [0.1, 0.15) is 28.5 Å². The first-order valence-corrected chi connectivity index (χ1v) is 8.04. The van der Waals surface area contributed by atoms with Crippen LogP contribution in [0.2, 0.25) is 0 Å². The minimum Gasteiger partial charge on any atom is -0.252 e. The Hall–Kier alpha value is -1.25. The van der Waals surface area contributed by atoms with Gasteiger partial charge >= 0.3 is 0 Å². The Bertz CT molecular complexity index is 687. The Kier molecular flexibility index (Phi) is 3.75. The molecule has 0 aromatic carbocycles. The maximum Gasteiger partial charge on any atom is 0.242 e. The minimum absolute atomic E-state index is 0.337. The topological polar surface area (TPSA) is 76.9 Å². The molecule has 1 atom stereocenters. The summed E-state index contributed by atoms with van der Waals surface area (Å²) in [6, 6.07) is 1.25. The molecule has 0 aliphatic carbocycles. The summed E-state index contributed by atoms with van der Waals surface area (Å²) >= 11 is 1.47. The summed E-state index contributed by atoms with van der Waals surface area (Å²) in [5.41, 5.74) is 0. The molecule has 2 rings (SSSR count). The highest BCUT2D eigenvalue weighted by Crippen LogP contribution is 2.26. The highest BCUT2D eigenvalue weighted by atomic mass is 32.2. The van der Waals surface area contributed by atoms with Crippen molar-refractivity contribution in [3.05, 3.63) is 28.0 Å². The molecular formula is C11H16N4O2S2. The van der Waals surface area contributed by atoms with Crippen molar-refractivity contribution >= 4 is 21.4 Å². The van der Waals surface area contributed by atoms with Crippen LogP contribution in [-0.4, -0.2) is 23.2 Å². The second kappa shape index (κ2) is 5.03. The van der Waals surface area contributed by atoms with Crippen molar-refractivity contribution in [1.82, 2.24) is 19.5 Å². The Morgan fingerprint density at radius 3 is 2.58 bits per heavy atom. The summed E-state index contributed by atoms with van der Waals surface area (Å²) in [6.07, 6.45) is 1.40. The molecule has 0 aliphatic rings. The maximum atomic E-state index is 12.3. The van der Waals surface area contributed by atoms with Gasteiger partial charge in [-0.05, 0) is 26.8 Å². The average Bonchev–Trinajstić information content (AvgIpc) is 2.84. The third-order valence-electron chi connectivity index (χ3n) is 2.75. The quantitative estimate of drug-likeness (QED) is 0.929. The lowest BCUT2D eigenvalue weighted by molar-refractivity contribution is 0.547. The number of sulfonamides is 1. The number of aryl methyl sites for hydroxylation is 3. The Morgan fingerprint density at radius 1 is 1.42 bits per heavy atom. The molecule has 2 aromatic heterocycles. The van der Waals surface area contributed by atoms with E-state index in [0.29, 0.717) is 10.7 Å². The van der Waals surface area contributed by atoms with E-state index in [2.05, 4.69) is 14.8 Å². The molecule has 0 spiro atoms. The van der Waals surface area contributed by atoms with Gasteiger partial charge in [0, 0.05) is 16.8 Å². The fourth-order valence-electron chi connectivity index (χ4n) is 1.92. The van der Waals surface area contributed by atoms with Gasteiger partial charge in [-0.25, -0.2) is 18.1 Å². The lowest BCUT2D eigenvalue weighted by Gasteiger charge is -2.13. The molecule has 1 N–H and O–H groups in total. The molecule has 19 heavy (non-hydrogen) atoms. The van der Waals surface area contributed by atoms with Crippen molar-refractivity contribution in [3.63, 3.8) is 0 Å². The van der Waals surface area contributed by atoms with Crippen LogP contribution < -0.4 is 4.72 Å². The molecule has 0 radical (unpaired) electrons. The number of nitrogens with zero attached hydrogens (tertiary/aromatic N) is 3. The average molecular weight is 300 g/mol. The summed E-state index contributed by atoms with van der Waals surface area (Å²) in [5, 5.41) is 3.93. The van der Waals surface area contributed by atoms with Crippen molar-refractivity contribution in [2.75, 3.05) is 0 Å². The third kappa shape index (κ3) is 2.85. The van der Waals surface area contributed by atoms with Gasteiger partial charge in [-0.3, -0.25) is 4.68 Å². The van der Waals surface area contributed by atoms with Crippen molar-refractivity contribution in [3.8, 4) is 0 Å². The van der Waals surface area contributed by atoms with Crippen molar-refractivity contribution in [1.29, 1.82) is 0 Å². The van der Waals surface area contributed by atoms with Crippen molar-refractivity contribution < 1.29 is 8.42 Å². The zero-order chi connectivity index (χ0) is 14.2. The van der Waals surface area contributed by atoms with E-state index in [1.807, 2.05) is 6.92 Å². The molecule has 2 aromatic rings. The highest BCUT2D eigenvalue weighted by molar-refractivity contribution is 7.89. The van der Waals surface area contributed by atoms with Gasteiger partial charge in [0.25, 0.3) is 0 Å². The van der Waals surface area contributed by atoms with E-state index in [4.69, 9.17) is 0 Å². The van der Waals surface area contributed by atoms with E-state index in [9.17, 15) is 8.42 Å². The standard InChI is InChI=1S/C11H16N4O2S2/c1-7-5-10(9(3)18-7)19(16,17)14-8(2)11-12-6-13-15(11)4/h5-6,8,14H,1-4H3. The number of nitrogens with one attached hydrogen (secondary N) is 1. The van der Waals surface area contributed by atoms with Gasteiger partial charge in [0.15, 0.2) is 0 Å². The predicted octanol–water partition coefficient (Wildman–Crippen LogP) is 1.53. The van der Waals surface area contributed by atoms with Gasteiger partial charge in [-0.1, -0.05) is 0 Å². The van der Waals surface area contributed by atoms with Gasteiger partial charge in [-0.2, -0.15) is 5.10 Å². The van der Waals surface area contributed by atoms with Gasteiger partial charge in [0.05, 0.1) is 10.9 Å². The predicted molar refractivity (Wildman–Crippen MR) is 73.5 cm³/mol. The molecule has 6 nitrogen and oxygen atoms in total. The molecule has 0 amide bonds. The van der Waals surface area contributed by atoms with E-state index in [0.717, 1.165) is 9.75 Å². The molecule has 2 heterocycles. The van der Waals surface area contributed by atoms with Crippen LogP contribution in [0.15, 0.2) is 17.3 Å². The van der Waals surface area contributed by atoms with Crippen molar-refractivity contribution in [2.45, 2.75) is 31.7 Å². The fourth-order valence-corrected chi connectivity index (χ4v) is 4.68. The molecule has 0 fully saturated rings. The second-order valence-electron chi connectivity index (χ2n) is 4.36. The maximum absolute atomic E-state index is 12.3. The molecule has 104 valence electrons. The minimum atomic E-state index is -3.53. The van der Waals surface area contributed by atoms with Crippen LogP contribution in [0.5, 0.6) is 0 Å². The van der Waals surface area contributed by atoms with E-state index >= 15 is 0 Å². The molecule has 0 bridgehead atoms. The first-order valence-electron chi connectivity index (χ1n) is 5.74. The first-order chi connectivity index (χ1) is 8.81. The molecule has 1 unspecified atom stereocenters. The smallest absolute Gasteiger partial charge is 0.242 e. The zero-order valence-corrected chi connectivity index (χ0v) is 12.8. The summed E-state index contributed by atoms with van der Waals surface area (Å²) in [7, 11) is -1.80.